The summed E-state index contributed by atoms with van der Waals surface area (Å²) < 4.78 is 1.64. The first kappa shape index (κ1) is 14.0. The van der Waals surface area contributed by atoms with Crippen LogP contribution in [0.2, 0.25) is 5.02 Å². The van der Waals surface area contributed by atoms with Gasteiger partial charge in [0.2, 0.25) is 0 Å². The lowest BCUT2D eigenvalue weighted by Crippen LogP contribution is -2.17. The van der Waals surface area contributed by atoms with E-state index in [2.05, 4.69) is 10.2 Å². The van der Waals surface area contributed by atoms with Crippen LogP contribution in [0.15, 0.2) is 28.2 Å². The second-order valence-corrected chi connectivity index (χ2v) is 5.47. The van der Waals surface area contributed by atoms with E-state index >= 15 is 0 Å². The predicted octanol–water partition coefficient (Wildman–Crippen LogP) is 2.51. The van der Waals surface area contributed by atoms with E-state index < -0.39 is 0 Å². The van der Waals surface area contributed by atoms with Gasteiger partial charge in [-0.05, 0) is 24.1 Å². The minimum atomic E-state index is -0.173. The molecule has 0 aliphatic rings. The van der Waals surface area contributed by atoms with E-state index in [1.165, 1.54) is 11.8 Å². The highest BCUT2D eigenvalue weighted by atomic mass is 35.5. The average Bonchev–Trinajstić information content (AvgIpc) is 2.71. The number of hydrogen-bond donors (Lipinski definition) is 2. The molecule has 2 rings (SSSR count). The van der Waals surface area contributed by atoms with Crippen LogP contribution in [0.4, 0.5) is 5.69 Å². The zero-order valence-electron chi connectivity index (χ0n) is 10.5. The lowest BCUT2D eigenvalue weighted by molar-refractivity contribution is 0.604. The number of rotatable bonds is 5. The van der Waals surface area contributed by atoms with Gasteiger partial charge in [-0.15, -0.1) is 5.10 Å². The zero-order valence-corrected chi connectivity index (χ0v) is 12.1. The third-order valence-corrected chi connectivity index (χ3v) is 3.90. The number of benzene rings is 1. The summed E-state index contributed by atoms with van der Waals surface area (Å²) in [5, 5.41) is 7.79. The number of anilines is 1. The Balaban J connectivity index is 2.12. The highest BCUT2D eigenvalue weighted by Crippen LogP contribution is 2.25. The summed E-state index contributed by atoms with van der Waals surface area (Å²) in [6.07, 6.45) is 0.885. The SMILES string of the molecule is CCCn1c(SCc2ccc(Cl)cc2N)n[nH]c1=O. The predicted molar refractivity (Wildman–Crippen MR) is 78.6 cm³/mol. The number of nitrogens with zero attached hydrogens (tertiary/aromatic N) is 2. The van der Waals surface area contributed by atoms with Crippen molar-refractivity contribution in [3.05, 3.63) is 39.3 Å². The second-order valence-electron chi connectivity index (χ2n) is 4.09. The molecule has 19 heavy (non-hydrogen) atoms. The van der Waals surface area contributed by atoms with Gasteiger partial charge in [0.1, 0.15) is 0 Å². The largest absolute Gasteiger partial charge is 0.398 e. The minimum Gasteiger partial charge on any atom is -0.398 e. The number of thioether (sulfide) groups is 1. The van der Waals surface area contributed by atoms with Crippen LogP contribution in [-0.4, -0.2) is 14.8 Å². The Morgan fingerprint density at radius 3 is 3.00 bits per heavy atom. The highest BCUT2D eigenvalue weighted by Gasteiger charge is 2.09. The fraction of sp³-hybridized carbons (Fsp3) is 0.333. The molecule has 1 heterocycles. The molecule has 2 aromatic rings. The Morgan fingerprint density at radius 1 is 1.53 bits per heavy atom. The molecule has 0 saturated heterocycles. The van der Waals surface area contributed by atoms with E-state index in [1.54, 1.807) is 16.7 Å². The molecule has 3 N–H and O–H groups in total. The van der Waals surface area contributed by atoms with Crippen molar-refractivity contribution in [2.75, 3.05) is 5.73 Å². The number of H-pyrrole nitrogens is 1. The average molecular weight is 299 g/mol. The van der Waals surface area contributed by atoms with E-state index in [0.29, 0.717) is 28.2 Å². The fourth-order valence-electron chi connectivity index (χ4n) is 1.67. The summed E-state index contributed by atoms with van der Waals surface area (Å²) >= 11 is 7.33. The minimum absolute atomic E-state index is 0.173. The van der Waals surface area contributed by atoms with Crippen LogP contribution in [0, 0.1) is 0 Å². The number of nitrogen functional groups attached to an aromatic ring is 1. The Morgan fingerprint density at radius 2 is 2.32 bits per heavy atom. The molecule has 0 spiro atoms. The third kappa shape index (κ3) is 3.33. The maximum Gasteiger partial charge on any atom is 0.343 e. The first-order chi connectivity index (χ1) is 9.11. The molecule has 0 bridgehead atoms. The third-order valence-electron chi connectivity index (χ3n) is 2.64. The van der Waals surface area contributed by atoms with Crippen molar-refractivity contribution in [3.8, 4) is 0 Å². The van der Waals surface area contributed by atoms with Gasteiger partial charge >= 0.3 is 5.69 Å². The summed E-state index contributed by atoms with van der Waals surface area (Å²) in [6.45, 7) is 2.68. The Bertz CT molecular complexity index is 622. The summed E-state index contributed by atoms with van der Waals surface area (Å²) in [4.78, 5) is 11.5. The van der Waals surface area contributed by atoms with Gasteiger partial charge in [-0.25, -0.2) is 9.89 Å². The number of nitrogens with one attached hydrogen (secondary N) is 1. The number of aromatic amines is 1. The van der Waals surface area contributed by atoms with Crippen LogP contribution in [0.25, 0.3) is 0 Å². The van der Waals surface area contributed by atoms with Crippen LogP contribution < -0.4 is 11.4 Å². The highest BCUT2D eigenvalue weighted by molar-refractivity contribution is 7.98. The van der Waals surface area contributed by atoms with Crippen molar-refractivity contribution in [3.63, 3.8) is 0 Å². The summed E-state index contributed by atoms with van der Waals surface area (Å²) in [6, 6.07) is 5.41. The summed E-state index contributed by atoms with van der Waals surface area (Å²) in [5.41, 5.74) is 7.35. The van der Waals surface area contributed by atoms with Gasteiger partial charge in [0, 0.05) is 23.0 Å². The van der Waals surface area contributed by atoms with Gasteiger partial charge in [-0.1, -0.05) is 36.4 Å². The second kappa shape index (κ2) is 6.16. The molecular formula is C12H15ClN4OS. The van der Waals surface area contributed by atoms with E-state index in [0.717, 1.165) is 12.0 Å². The molecule has 0 unspecified atom stereocenters. The Kier molecular flexibility index (Phi) is 4.55. The first-order valence-electron chi connectivity index (χ1n) is 5.93. The molecule has 0 aliphatic heterocycles. The van der Waals surface area contributed by atoms with Crippen LogP contribution in [0.3, 0.4) is 0 Å². The number of nitrogens with two attached hydrogens (primary N) is 1. The van der Waals surface area contributed by atoms with Crippen molar-refractivity contribution >= 4 is 29.1 Å². The summed E-state index contributed by atoms with van der Waals surface area (Å²) in [7, 11) is 0. The normalized spacial score (nSPS) is 10.8. The zero-order chi connectivity index (χ0) is 13.8. The Hall–Kier alpha value is -1.40. The maximum atomic E-state index is 11.5. The van der Waals surface area contributed by atoms with Crippen molar-refractivity contribution in [1.82, 2.24) is 14.8 Å². The maximum absolute atomic E-state index is 11.5. The van der Waals surface area contributed by atoms with Crippen LogP contribution in [-0.2, 0) is 12.3 Å². The molecule has 1 aromatic carbocycles. The van der Waals surface area contributed by atoms with Gasteiger partial charge in [0.25, 0.3) is 0 Å². The van der Waals surface area contributed by atoms with E-state index in [9.17, 15) is 4.79 Å². The molecule has 1 aromatic heterocycles. The van der Waals surface area contributed by atoms with Crippen molar-refractivity contribution < 1.29 is 0 Å². The van der Waals surface area contributed by atoms with Gasteiger partial charge in [0.15, 0.2) is 5.16 Å². The molecule has 0 atom stereocenters. The number of halogens is 1. The standard InChI is InChI=1S/C12H15ClN4OS/c1-2-5-17-11(18)15-16-12(17)19-7-8-3-4-9(13)6-10(8)14/h3-4,6H,2,5,7,14H2,1H3,(H,15,18). The van der Waals surface area contributed by atoms with Crippen molar-refractivity contribution in [1.29, 1.82) is 0 Å². The molecule has 0 saturated carbocycles. The monoisotopic (exact) mass is 298 g/mol. The van der Waals surface area contributed by atoms with Gasteiger partial charge in [-0.3, -0.25) is 4.57 Å². The molecule has 102 valence electrons. The first-order valence-corrected chi connectivity index (χ1v) is 7.30. The Labute approximate surface area is 120 Å². The van der Waals surface area contributed by atoms with E-state index in [-0.39, 0.29) is 5.69 Å². The molecule has 0 amide bonds. The lowest BCUT2D eigenvalue weighted by atomic mass is 10.2. The van der Waals surface area contributed by atoms with Crippen LogP contribution in [0.1, 0.15) is 18.9 Å². The molecule has 0 radical (unpaired) electrons. The fourth-order valence-corrected chi connectivity index (χ4v) is 2.84. The molecular weight excluding hydrogens is 284 g/mol. The van der Waals surface area contributed by atoms with Crippen LogP contribution >= 0.6 is 23.4 Å². The number of aromatic nitrogens is 3. The van der Waals surface area contributed by atoms with Gasteiger partial charge in [-0.2, -0.15) is 0 Å². The van der Waals surface area contributed by atoms with E-state index in [1.807, 2.05) is 13.0 Å². The van der Waals surface area contributed by atoms with Crippen molar-refractivity contribution in [2.45, 2.75) is 30.8 Å². The number of hydrogen-bond acceptors (Lipinski definition) is 4. The molecule has 0 fully saturated rings. The lowest BCUT2D eigenvalue weighted by Gasteiger charge is -2.06. The molecule has 0 aliphatic carbocycles. The smallest absolute Gasteiger partial charge is 0.343 e. The van der Waals surface area contributed by atoms with Crippen LogP contribution in [0.5, 0.6) is 0 Å². The molecule has 7 heteroatoms. The summed E-state index contributed by atoms with van der Waals surface area (Å²) in [5.74, 6) is 0.650. The van der Waals surface area contributed by atoms with Gasteiger partial charge < -0.3 is 5.73 Å². The van der Waals surface area contributed by atoms with Crippen molar-refractivity contribution in [2.24, 2.45) is 0 Å². The topological polar surface area (TPSA) is 76.7 Å². The van der Waals surface area contributed by atoms with Gasteiger partial charge in [0.05, 0.1) is 0 Å². The quantitative estimate of drug-likeness (QED) is 0.657. The van der Waals surface area contributed by atoms with E-state index in [4.69, 9.17) is 17.3 Å². The molecule has 5 nitrogen and oxygen atoms in total.